The second-order valence-corrected chi connectivity index (χ2v) is 4.10. The van der Waals surface area contributed by atoms with Crippen LogP contribution < -0.4 is 5.32 Å². The molecule has 0 saturated heterocycles. The molecule has 0 aliphatic carbocycles. The Bertz CT molecular complexity index is 419. The molecule has 0 radical (unpaired) electrons. The highest BCUT2D eigenvalue weighted by Crippen LogP contribution is 2.14. The van der Waals surface area contributed by atoms with Crippen molar-refractivity contribution in [2.75, 3.05) is 19.8 Å². The van der Waals surface area contributed by atoms with Crippen molar-refractivity contribution in [2.24, 2.45) is 0 Å². The van der Waals surface area contributed by atoms with E-state index in [0.717, 1.165) is 5.56 Å². The normalized spacial score (nSPS) is 11.7. The molecule has 1 atom stereocenters. The number of carbonyl (C=O) groups excluding carboxylic acids is 2. The monoisotopic (exact) mass is 279 g/mol. The van der Waals surface area contributed by atoms with E-state index < -0.39 is 6.04 Å². The third-order valence-corrected chi connectivity index (χ3v) is 2.64. The van der Waals surface area contributed by atoms with Crippen LogP contribution in [0.3, 0.4) is 0 Å². The Morgan fingerprint density at radius 1 is 1.10 bits per heavy atom. The Labute approximate surface area is 119 Å². The van der Waals surface area contributed by atoms with Crippen molar-refractivity contribution in [1.82, 2.24) is 5.32 Å². The Kier molecular flexibility index (Phi) is 7.35. The third kappa shape index (κ3) is 5.40. The summed E-state index contributed by atoms with van der Waals surface area (Å²) in [5, 5.41) is 3.03. The molecule has 1 aromatic rings. The molecule has 110 valence electrons. The van der Waals surface area contributed by atoms with Gasteiger partial charge in [-0.25, -0.2) is 4.79 Å². The van der Waals surface area contributed by atoms with Crippen LogP contribution in [0.4, 0.5) is 0 Å². The van der Waals surface area contributed by atoms with Crippen molar-refractivity contribution in [2.45, 2.75) is 26.3 Å². The average molecular weight is 279 g/mol. The minimum Gasteiger partial charge on any atom is -0.466 e. The first-order valence-electron chi connectivity index (χ1n) is 6.79. The van der Waals surface area contributed by atoms with Gasteiger partial charge in [0.15, 0.2) is 0 Å². The number of benzene rings is 1. The minimum atomic E-state index is -0.564. The van der Waals surface area contributed by atoms with Crippen molar-refractivity contribution < 1.29 is 19.1 Å². The fourth-order valence-electron chi connectivity index (χ4n) is 1.76. The summed E-state index contributed by atoms with van der Waals surface area (Å²) in [6, 6.07) is 8.72. The quantitative estimate of drug-likeness (QED) is 0.735. The number of hydrogen-bond acceptors (Lipinski definition) is 5. The van der Waals surface area contributed by atoms with E-state index in [1.165, 1.54) is 0 Å². The summed E-state index contributed by atoms with van der Waals surface area (Å²) in [5.74, 6) is -0.627. The van der Waals surface area contributed by atoms with Gasteiger partial charge in [0.05, 0.1) is 19.6 Å². The highest BCUT2D eigenvalue weighted by molar-refractivity contribution is 5.77. The molecule has 0 heterocycles. The van der Waals surface area contributed by atoms with E-state index in [4.69, 9.17) is 9.47 Å². The molecule has 0 fully saturated rings. The zero-order valence-electron chi connectivity index (χ0n) is 11.9. The lowest BCUT2D eigenvalue weighted by Crippen LogP contribution is -2.32. The Balaban J connectivity index is 2.60. The first kappa shape index (κ1) is 16.2. The van der Waals surface area contributed by atoms with E-state index in [1.807, 2.05) is 30.3 Å². The van der Waals surface area contributed by atoms with Crippen LogP contribution in [0.2, 0.25) is 0 Å². The lowest BCUT2D eigenvalue weighted by molar-refractivity contribution is -0.147. The Morgan fingerprint density at radius 2 is 1.75 bits per heavy atom. The van der Waals surface area contributed by atoms with E-state index >= 15 is 0 Å². The lowest BCUT2D eigenvalue weighted by Gasteiger charge is -2.17. The number of nitrogens with one attached hydrogen (secondary N) is 1. The molecular formula is C15H21NO4. The predicted octanol–water partition coefficient (Wildman–Crippen LogP) is 1.83. The Morgan fingerprint density at radius 3 is 2.35 bits per heavy atom. The largest absolute Gasteiger partial charge is 0.466 e. The summed E-state index contributed by atoms with van der Waals surface area (Å²) < 4.78 is 9.89. The lowest BCUT2D eigenvalue weighted by atomic mass is 10.1. The number of carbonyl (C=O) groups is 2. The number of ether oxygens (including phenoxy) is 2. The van der Waals surface area contributed by atoms with Crippen LogP contribution >= 0.6 is 0 Å². The molecule has 0 aliphatic rings. The maximum Gasteiger partial charge on any atom is 0.327 e. The first-order chi connectivity index (χ1) is 9.69. The van der Waals surface area contributed by atoms with Gasteiger partial charge in [0.1, 0.15) is 6.04 Å². The maximum absolute atomic E-state index is 11.9. The highest BCUT2D eigenvalue weighted by Gasteiger charge is 2.21. The molecule has 1 N–H and O–H groups in total. The van der Waals surface area contributed by atoms with Gasteiger partial charge in [0.25, 0.3) is 0 Å². The summed E-state index contributed by atoms with van der Waals surface area (Å²) in [7, 11) is 0. The molecular weight excluding hydrogens is 258 g/mol. The summed E-state index contributed by atoms with van der Waals surface area (Å²) >= 11 is 0. The number of rotatable bonds is 8. The van der Waals surface area contributed by atoms with Gasteiger partial charge in [-0.15, -0.1) is 0 Å². The van der Waals surface area contributed by atoms with Gasteiger partial charge in [-0.1, -0.05) is 30.3 Å². The molecule has 0 amide bonds. The molecule has 0 saturated carbocycles. The molecule has 0 aliphatic heterocycles. The number of esters is 2. The topological polar surface area (TPSA) is 64.6 Å². The van der Waals surface area contributed by atoms with Crippen molar-refractivity contribution >= 4 is 11.9 Å². The summed E-state index contributed by atoms with van der Waals surface area (Å²) in [6.45, 7) is 4.56. The van der Waals surface area contributed by atoms with E-state index in [0.29, 0.717) is 19.8 Å². The van der Waals surface area contributed by atoms with Gasteiger partial charge < -0.3 is 14.8 Å². The van der Waals surface area contributed by atoms with E-state index in [9.17, 15) is 9.59 Å². The third-order valence-electron chi connectivity index (χ3n) is 2.64. The van der Waals surface area contributed by atoms with Gasteiger partial charge in [-0.2, -0.15) is 0 Å². The number of hydrogen-bond donors (Lipinski definition) is 1. The fourth-order valence-corrected chi connectivity index (χ4v) is 1.76. The predicted molar refractivity (Wildman–Crippen MR) is 75.1 cm³/mol. The van der Waals surface area contributed by atoms with Crippen LogP contribution in [0.15, 0.2) is 30.3 Å². The fraction of sp³-hybridized carbons (Fsp3) is 0.467. The summed E-state index contributed by atoms with van der Waals surface area (Å²) in [5.41, 5.74) is 0.815. The SMILES string of the molecule is CCOC(=O)CCN[C@@H](C(=O)OCC)c1ccccc1. The highest BCUT2D eigenvalue weighted by atomic mass is 16.5. The van der Waals surface area contributed by atoms with Crippen molar-refractivity contribution in [3.8, 4) is 0 Å². The van der Waals surface area contributed by atoms with E-state index in [-0.39, 0.29) is 18.4 Å². The Hall–Kier alpha value is -1.88. The van der Waals surface area contributed by atoms with Gasteiger partial charge >= 0.3 is 11.9 Å². The molecule has 20 heavy (non-hydrogen) atoms. The first-order valence-corrected chi connectivity index (χ1v) is 6.79. The molecule has 1 aromatic carbocycles. The van der Waals surface area contributed by atoms with Gasteiger partial charge in [0.2, 0.25) is 0 Å². The second-order valence-electron chi connectivity index (χ2n) is 4.10. The van der Waals surface area contributed by atoms with Crippen LogP contribution in [0.5, 0.6) is 0 Å². The average Bonchev–Trinajstić information content (AvgIpc) is 2.45. The van der Waals surface area contributed by atoms with Crippen molar-refractivity contribution in [3.63, 3.8) is 0 Å². The van der Waals surface area contributed by atoms with Crippen LogP contribution in [0.25, 0.3) is 0 Å². The molecule has 0 spiro atoms. The smallest absolute Gasteiger partial charge is 0.327 e. The molecule has 0 unspecified atom stereocenters. The van der Waals surface area contributed by atoms with Crippen LogP contribution in [-0.2, 0) is 19.1 Å². The molecule has 0 aromatic heterocycles. The van der Waals surface area contributed by atoms with Crippen LogP contribution in [-0.4, -0.2) is 31.7 Å². The van der Waals surface area contributed by atoms with Gasteiger partial charge in [-0.05, 0) is 19.4 Å². The zero-order valence-corrected chi connectivity index (χ0v) is 11.9. The van der Waals surface area contributed by atoms with Gasteiger partial charge in [-0.3, -0.25) is 4.79 Å². The van der Waals surface area contributed by atoms with Gasteiger partial charge in [0, 0.05) is 6.54 Å². The summed E-state index contributed by atoms with van der Waals surface area (Å²) in [6.07, 6.45) is 0.219. The molecule has 5 nitrogen and oxygen atoms in total. The van der Waals surface area contributed by atoms with Crippen LogP contribution in [0, 0.1) is 0 Å². The zero-order chi connectivity index (χ0) is 14.8. The van der Waals surface area contributed by atoms with Crippen LogP contribution in [0.1, 0.15) is 31.9 Å². The molecule has 0 bridgehead atoms. The summed E-state index contributed by atoms with van der Waals surface area (Å²) in [4.78, 5) is 23.2. The van der Waals surface area contributed by atoms with E-state index in [2.05, 4.69) is 5.32 Å². The maximum atomic E-state index is 11.9. The standard InChI is InChI=1S/C15H21NO4/c1-3-19-13(17)10-11-16-14(15(18)20-4-2)12-8-6-5-7-9-12/h5-9,14,16H,3-4,10-11H2,1-2H3/t14-/m1/s1. The van der Waals surface area contributed by atoms with E-state index in [1.54, 1.807) is 13.8 Å². The molecule has 1 rings (SSSR count). The minimum absolute atomic E-state index is 0.219. The molecule has 5 heteroatoms. The van der Waals surface area contributed by atoms with Crippen molar-refractivity contribution in [1.29, 1.82) is 0 Å². The second kappa shape index (κ2) is 9.09. The van der Waals surface area contributed by atoms with Crippen molar-refractivity contribution in [3.05, 3.63) is 35.9 Å².